The Kier molecular flexibility index (Phi) is 4.14. The third-order valence-electron chi connectivity index (χ3n) is 3.05. The van der Waals surface area contributed by atoms with E-state index in [1.54, 1.807) is 0 Å². The van der Waals surface area contributed by atoms with E-state index in [0.29, 0.717) is 0 Å². The molecule has 0 saturated carbocycles. The minimum Gasteiger partial charge on any atom is -0.0841 e. The minimum atomic E-state index is 1.23. The molecule has 0 N–H and O–H groups in total. The SMILES string of the molecule is C/C=C(C)\C(=C\c1ccccc1)c1ccccc1. The number of rotatable bonds is 3. The largest absolute Gasteiger partial charge is 0.0841 e. The average molecular weight is 234 g/mol. The lowest BCUT2D eigenvalue weighted by atomic mass is 9.96. The second-order valence-electron chi connectivity index (χ2n) is 4.31. The van der Waals surface area contributed by atoms with Gasteiger partial charge < -0.3 is 0 Å². The summed E-state index contributed by atoms with van der Waals surface area (Å²) in [5, 5.41) is 0. The quantitative estimate of drug-likeness (QED) is 0.506. The smallest absolute Gasteiger partial charge is 0.0152 e. The maximum Gasteiger partial charge on any atom is -0.0152 e. The van der Waals surface area contributed by atoms with Crippen LogP contribution in [0, 0.1) is 0 Å². The van der Waals surface area contributed by atoms with Gasteiger partial charge in [0, 0.05) is 0 Å². The molecule has 2 rings (SSSR count). The van der Waals surface area contributed by atoms with Crippen molar-refractivity contribution >= 4 is 11.6 Å². The Bertz CT molecular complexity index is 545. The van der Waals surface area contributed by atoms with Crippen LogP contribution in [-0.4, -0.2) is 0 Å². The number of hydrogen-bond acceptors (Lipinski definition) is 0. The second-order valence-corrected chi connectivity index (χ2v) is 4.31. The lowest BCUT2D eigenvalue weighted by Gasteiger charge is -2.08. The molecule has 0 radical (unpaired) electrons. The van der Waals surface area contributed by atoms with E-state index in [2.05, 4.69) is 80.6 Å². The number of allylic oxidation sites excluding steroid dienone is 3. The van der Waals surface area contributed by atoms with E-state index in [1.807, 2.05) is 6.07 Å². The molecule has 0 unspecified atom stereocenters. The van der Waals surface area contributed by atoms with Gasteiger partial charge in [-0.2, -0.15) is 0 Å². The van der Waals surface area contributed by atoms with E-state index in [-0.39, 0.29) is 0 Å². The fourth-order valence-electron chi connectivity index (χ4n) is 1.91. The summed E-state index contributed by atoms with van der Waals surface area (Å²) in [6, 6.07) is 21.0. The first-order valence-corrected chi connectivity index (χ1v) is 6.26. The maximum absolute atomic E-state index is 2.24. The van der Waals surface area contributed by atoms with Crippen LogP contribution in [0.1, 0.15) is 25.0 Å². The van der Waals surface area contributed by atoms with Gasteiger partial charge in [0.15, 0.2) is 0 Å². The van der Waals surface area contributed by atoms with Gasteiger partial charge in [0.2, 0.25) is 0 Å². The predicted octanol–water partition coefficient (Wildman–Crippen LogP) is 5.19. The zero-order valence-corrected chi connectivity index (χ0v) is 10.9. The molecule has 18 heavy (non-hydrogen) atoms. The van der Waals surface area contributed by atoms with Gasteiger partial charge in [-0.05, 0) is 42.2 Å². The number of hydrogen-bond donors (Lipinski definition) is 0. The van der Waals surface area contributed by atoms with Gasteiger partial charge in [0.05, 0.1) is 0 Å². The van der Waals surface area contributed by atoms with Crippen molar-refractivity contribution < 1.29 is 0 Å². The first kappa shape index (κ1) is 12.4. The van der Waals surface area contributed by atoms with Crippen molar-refractivity contribution in [2.75, 3.05) is 0 Å². The summed E-state index contributed by atoms with van der Waals surface area (Å²) in [5.41, 5.74) is 5.07. The summed E-state index contributed by atoms with van der Waals surface area (Å²) >= 11 is 0. The van der Waals surface area contributed by atoms with Crippen molar-refractivity contribution in [1.29, 1.82) is 0 Å². The molecule has 2 aromatic carbocycles. The highest BCUT2D eigenvalue weighted by atomic mass is 14.1. The van der Waals surface area contributed by atoms with Gasteiger partial charge in [0.25, 0.3) is 0 Å². The Morgan fingerprint density at radius 3 is 1.94 bits per heavy atom. The van der Waals surface area contributed by atoms with E-state index >= 15 is 0 Å². The maximum atomic E-state index is 2.24. The van der Waals surface area contributed by atoms with Crippen LogP contribution >= 0.6 is 0 Å². The minimum absolute atomic E-state index is 1.23. The van der Waals surface area contributed by atoms with E-state index in [1.165, 1.54) is 22.3 Å². The summed E-state index contributed by atoms with van der Waals surface area (Å²) in [4.78, 5) is 0. The Morgan fingerprint density at radius 1 is 0.833 bits per heavy atom. The fraction of sp³-hybridized carbons (Fsp3) is 0.111. The van der Waals surface area contributed by atoms with Crippen LogP contribution in [0.5, 0.6) is 0 Å². The predicted molar refractivity (Wildman–Crippen MR) is 80.2 cm³/mol. The van der Waals surface area contributed by atoms with Gasteiger partial charge >= 0.3 is 0 Å². The summed E-state index contributed by atoms with van der Waals surface area (Å²) in [6.07, 6.45) is 4.40. The first-order chi connectivity index (χ1) is 8.81. The van der Waals surface area contributed by atoms with Crippen molar-refractivity contribution in [3.63, 3.8) is 0 Å². The monoisotopic (exact) mass is 234 g/mol. The second kappa shape index (κ2) is 6.02. The first-order valence-electron chi connectivity index (χ1n) is 6.26. The lowest BCUT2D eigenvalue weighted by molar-refractivity contribution is 1.47. The van der Waals surface area contributed by atoms with Gasteiger partial charge in [-0.1, -0.05) is 66.7 Å². The van der Waals surface area contributed by atoms with E-state index in [4.69, 9.17) is 0 Å². The Morgan fingerprint density at radius 2 is 1.39 bits per heavy atom. The van der Waals surface area contributed by atoms with Gasteiger partial charge in [-0.15, -0.1) is 0 Å². The molecule has 0 heteroatoms. The van der Waals surface area contributed by atoms with E-state index < -0.39 is 0 Å². The highest BCUT2D eigenvalue weighted by molar-refractivity contribution is 5.90. The van der Waals surface area contributed by atoms with Crippen molar-refractivity contribution in [1.82, 2.24) is 0 Å². The Hall–Kier alpha value is -2.08. The van der Waals surface area contributed by atoms with E-state index in [9.17, 15) is 0 Å². The average Bonchev–Trinajstić information content (AvgIpc) is 2.46. The van der Waals surface area contributed by atoms with Gasteiger partial charge in [-0.25, -0.2) is 0 Å². The topological polar surface area (TPSA) is 0 Å². The van der Waals surface area contributed by atoms with Crippen LogP contribution in [-0.2, 0) is 0 Å². The molecule has 0 aliphatic carbocycles. The van der Waals surface area contributed by atoms with Crippen molar-refractivity contribution in [3.8, 4) is 0 Å². The zero-order valence-electron chi connectivity index (χ0n) is 10.9. The van der Waals surface area contributed by atoms with Crippen LogP contribution in [0.25, 0.3) is 11.6 Å². The molecule has 90 valence electrons. The van der Waals surface area contributed by atoms with Crippen LogP contribution in [0.4, 0.5) is 0 Å². The molecule has 0 nitrogen and oxygen atoms in total. The fourth-order valence-corrected chi connectivity index (χ4v) is 1.91. The molecular formula is C18H18. The highest BCUT2D eigenvalue weighted by Crippen LogP contribution is 2.25. The van der Waals surface area contributed by atoms with E-state index in [0.717, 1.165) is 0 Å². The molecule has 0 heterocycles. The van der Waals surface area contributed by atoms with Gasteiger partial charge in [-0.3, -0.25) is 0 Å². The van der Waals surface area contributed by atoms with Crippen LogP contribution in [0.15, 0.2) is 72.3 Å². The molecule has 0 spiro atoms. The molecule has 0 fully saturated rings. The Balaban J connectivity index is 2.48. The van der Waals surface area contributed by atoms with Gasteiger partial charge in [0.1, 0.15) is 0 Å². The van der Waals surface area contributed by atoms with Crippen molar-refractivity contribution in [3.05, 3.63) is 83.4 Å². The summed E-state index contributed by atoms with van der Waals surface area (Å²) in [7, 11) is 0. The molecule has 0 aliphatic heterocycles. The van der Waals surface area contributed by atoms with Crippen LogP contribution < -0.4 is 0 Å². The molecule has 2 aromatic rings. The summed E-state index contributed by atoms with van der Waals surface area (Å²) in [5.74, 6) is 0. The third-order valence-corrected chi connectivity index (χ3v) is 3.05. The lowest BCUT2D eigenvalue weighted by Crippen LogP contribution is -1.86. The zero-order chi connectivity index (χ0) is 12.8. The highest BCUT2D eigenvalue weighted by Gasteiger charge is 2.02. The van der Waals surface area contributed by atoms with Crippen molar-refractivity contribution in [2.45, 2.75) is 13.8 Å². The normalized spacial score (nSPS) is 12.6. The third kappa shape index (κ3) is 2.98. The number of benzene rings is 2. The molecule has 0 amide bonds. The van der Waals surface area contributed by atoms with Crippen molar-refractivity contribution in [2.24, 2.45) is 0 Å². The molecule has 0 atom stereocenters. The molecular weight excluding hydrogens is 216 g/mol. The van der Waals surface area contributed by atoms with Crippen LogP contribution in [0.2, 0.25) is 0 Å². The molecule has 0 aromatic heterocycles. The van der Waals surface area contributed by atoms with Crippen LogP contribution in [0.3, 0.4) is 0 Å². The molecule has 0 aliphatic rings. The summed E-state index contributed by atoms with van der Waals surface area (Å²) < 4.78 is 0. The Labute approximate surface area is 109 Å². The molecule has 0 bridgehead atoms. The molecule has 0 saturated heterocycles. The standard InChI is InChI=1S/C18H18/c1-3-15(2)18(17-12-8-5-9-13-17)14-16-10-6-4-7-11-16/h3-14H,1-2H3/b15-3-,18-14-. The summed E-state index contributed by atoms with van der Waals surface area (Å²) in [6.45, 7) is 4.23.